The van der Waals surface area contributed by atoms with Gasteiger partial charge in [0.05, 0.1) is 23.6 Å². The van der Waals surface area contributed by atoms with E-state index in [0.717, 1.165) is 85.0 Å². The first-order chi connectivity index (χ1) is 19.2. The molecule has 194 valence electrons. The molecule has 1 saturated heterocycles. The summed E-state index contributed by atoms with van der Waals surface area (Å²) in [7, 11) is 0. The Balaban J connectivity index is 1.05. The quantitative estimate of drug-likeness (QED) is 0.409. The van der Waals surface area contributed by atoms with E-state index in [1.807, 2.05) is 35.4 Å². The summed E-state index contributed by atoms with van der Waals surface area (Å²) in [5.41, 5.74) is 6.44. The predicted octanol–water partition coefficient (Wildman–Crippen LogP) is 4.69. The van der Waals surface area contributed by atoms with Gasteiger partial charge in [0.15, 0.2) is 0 Å². The maximum absolute atomic E-state index is 13.5. The summed E-state index contributed by atoms with van der Waals surface area (Å²) >= 11 is 1.70. The van der Waals surface area contributed by atoms with Crippen molar-refractivity contribution in [2.45, 2.75) is 25.8 Å². The van der Waals surface area contributed by atoms with Crippen molar-refractivity contribution in [1.82, 2.24) is 14.9 Å². The van der Waals surface area contributed by atoms with E-state index in [1.165, 1.54) is 16.0 Å². The molecule has 1 unspecified atom stereocenters. The minimum absolute atomic E-state index is 0.00684. The average Bonchev–Trinajstić information content (AvgIpc) is 3.61. The number of aliphatic imine (C=N–C) groups is 1. The van der Waals surface area contributed by atoms with Crippen molar-refractivity contribution in [2.75, 3.05) is 36.4 Å². The number of anilines is 3. The third-order valence-electron chi connectivity index (χ3n) is 8.05. The Bertz CT molecular complexity index is 1640. The zero-order valence-electron chi connectivity index (χ0n) is 21.4. The number of fused-ring (bicyclic) bond motifs is 4. The summed E-state index contributed by atoms with van der Waals surface area (Å²) in [4.78, 5) is 33.6. The fourth-order valence-electron chi connectivity index (χ4n) is 5.92. The first-order valence-electron chi connectivity index (χ1n) is 13.4. The normalized spacial score (nSPS) is 18.1. The maximum Gasteiger partial charge on any atom is 0.226 e. The van der Waals surface area contributed by atoms with Gasteiger partial charge < -0.3 is 15.1 Å². The van der Waals surface area contributed by atoms with Gasteiger partial charge in [-0.2, -0.15) is 5.26 Å². The van der Waals surface area contributed by atoms with Gasteiger partial charge >= 0.3 is 0 Å². The highest BCUT2D eigenvalue weighted by molar-refractivity contribution is 7.19. The van der Waals surface area contributed by atoms with Crippen LogP contribution in [0.2, 0.25) is 0 Å². The molecule has 1 N–H and O–H groups in total. The molecular weight excluding hydrogens is 506 g/mol. The molecule has 39 heavy (non-hydrogen) atoms. The Kier molecular flexibility index (Phi) is 5.97. The molecule has 8 nitrogen and oxygen atoms in total. The molecule has 0 radical (unpaired) electrons. The number of rotatable bonds is 4. The lowest BCUT2D eigenvalue weighted by Crippen LogP contribution is -2.51. The van der Waals surface area contributed by atoms with E-state index in [9.17, 15) is 4.79 Å². The van der Waals surface area contributed by atoms with Crippen molar-refractivity contribution in [3.63, 3.8) is 0 Å². The lowest BCUT2D eigenvalue weighted by molar-refractivity contribution is -0.136. The maximum atomic E-state index is 13.5. The smallest absolute Gasteiger partial charge is 0.226 e. The fourth-order valence-corrected chi connectivity index (χ4v) is 7.19. The number of nitrogens with one attached hydrogen (secondary N) is 1. The molecule has 1 amide bonds. The monoisotopic (exact) mass is 533 g/mol. The number of nitriles is 1. The van der Waals surface area contributed by atoms with Crippen LogP contribution < -0.4 is 10.2 Å². The summed E-state index contributed by atoms with van der Waals surface area (Å²) in [6, 6.07) is 16.2. The fraction of sp³-hybridized carbons (Fsp3) is 0.300. The number of carbonyl (C=O) groups excluding carboxylic acids is 1. The van der Waals surface area contributed by atoms with E-state index in [-0.39, 0.29) is 11.8 Å². The molecule has 1 aliphatic carbocycles. The number of aromatic nitrogens is 2. The molecule has 0 saturated carbocycles. The molecule has 2 aromatic carbocycles. The number of piperazine rings is 1. The number of benzene rings is 2. The van der Waals surface area contributed by atoms with E-state index < -0.39 is 0 Å². The van der Waals surface area contributed by atoms with Crippen LogP contribution in [0.3, 0.4) is 0 Å². The lowest BCUT2D eigenvalue weighted by Gasteiger charge is -2.38. The van der Waals surface area contributed by atoms with Crippen LogP contribution in [0.5, 0.6) is 0 Å². The number of thiophene rings is 1. The molecule has 7 rings (SSSR count). The summed E-state index contributed by atoms with van der Waals surface area (Å²) in [5, 5.41) is 13.7. The molecule has 9 heteroatoms. The number of amides is 1. The van der Waals surface area contributed by atoms with Crippen molar-refractivity contribution in [1.29, 1.82) is 5.26 Å². The standard InChI is InChI=1S/C30H27N7OS/c31-15-19-1-6-24(7-2-19)36-9-11-37(12-10-36)30(38)20-4-8-25-26(14-20)39-29-27(25)28(33-18-34-29)35-23-5-3-21-16-32-17-22(21)13-23/h1-3,5-7,13,17-18,20H,4,8-12,14,16H2,(H,33,34,35). The van der Waals surface area contributed by atoms with E-state index in [0.29, 0.717) is 5.56 Å². The van der Waals surface area contributed by atoms with Gasteiger partial charge in [-0.1, -0.05) is 6.07 Å². The van der Waals surface area contributed by atoms with Gasteiger partial charge in [-0.15, -0.1) is 11.3 Å². The van der Waals surface area contributed by atoms with Gasteiger partial charge in [-0.3, -0.25) is 9.79 Å². The minimum Gasteiger partial charge on any atom is -0.368 e. The molecule has 4 heterocycles. The second kappa shape index (κ2) is 9.79. The van der Waals surface area contributed by atoms with Crippen LogP contribution in [-0.2, 0) is 24.2 Å². The second-order valence-electron chi connectivity index (χ2n) is 10.3. The number of hydrogen-bond acceptors (Lipinski definition) is 8. The molecule has 4 aromatic rings. The zero-order chi connectivity index (χ0) is 26.3. The van der Waals surface area contributed by atoms with Crippen molar-refractivity contribution < 1.29 is 4.79 Å². The van der Waals surface area contributed by atoms with Crippen LogP contribution in [0.1, 0.15) is 33.6 Å². The van der Waals surface area contributed by atoms with Crippen molar-refractivity contribution in [2.24, 2.45) is 10.9 Å². The van der Waals surface area contributed by atoms with E-state index in [4.69, 9.17) is 5.26 Å². The molecule has 0 spiro atoms. The molecule has 2 aromatic heterocycles. The van der Waals surface area contributed by atoms with Gasteiger partial charge in [0.25, 0.3) is 0 Å². The van der Waals surface area contributed by atoms with Crippen LogP contribution in [0.4, 0.5) is 17.2 Å². The van der Waals surface area contributed by atoms with Gasteiger partial charge in [0, 0.05) is 54.6 Å². The van der Waals surface area contributed by atoms with E-state index in [2.05, 4.69) is 49.4 Å². The highest BCUT2D eigenvalue weighted by Crippen LogP contribution is 2.41. The zero-order valence-corrected chi connectivity index (χ0v) is 22.2. The average molecular weight is 534 g/mol. The van der Waals surface area contributed by atoms with Gasteiger partial charge in [-0.05, 0) is 72.4 Å². The summed E-state index contributed by atoms with van der Waals surface area (Å²) < 4.78 is 0. The number of carbonyl (C=O) groups is 1. The van der Waals surface area contributed by atoms with E-state index in [1.54, 1.807) is 17.7 Å². The van der Waals surface area contributed by atoms with Crippen LogP contribution in [-0.4, -0.2) is 53.2 Å². The first kappa shape index (κ1) is 23.8. The van der Waals surface area contributed by atoms with E-state index >= 15 is 0 Å². The number of aryl methyl sites for hydroxylation is 1. The molecule has 3 aliphatic rings. The Labute approximate surface area is 230 Å². The minimum atomic E-state index is 0.00684. The van der Waals surface area contributed by atoms with Crippen LogP contribution in [0.15, 0.2) is 53.8 Å². The third-order valence-corrected chi connectivity index (χ3v) is 9.21. The first-order valence-corrected chi connectivity index (χ1v) is 14.2. The summed E-state index contributed by atoms with van der Waals surface area (Å²) in [5.74, 6) is 1.10. The lowest BCUT2D eigenvalue weighted by atomic mass is 9.86. The predicted molar refractivity (Wildman–Crippen MR) is 154 cm³/mol. The molecule has 2 aliphatic heterocycles. The topological polar surface area (TPSA) is 97.5 Å². The third kappa shape index (κ3) is 4.41. The largest absolute Gasteiger partial charge is 0.368 e. The van der Waals surface area contributed by atoms with Crippen molar-refractivity contribution in [3.8, 4) is 6.07 Å². The number of hydrogen-bond donors (Lipinski definition) is 1. The Morgan fingerprint density at radius 2 is 1.92 bits per heavy atom. The van der Waals surface area contributed by atoms with Crippen molar-refractivity contribution in [3.05, 3.63) is 75.9 Å². The molecule has 0 bridgehead atoms. The SMILES string of the molecule is N#Cc1ccc(N2CCN(C(=O)C3CCc4c(sc5ncnc(Nc6ccc7c(c6)C=NC7)c45)C3)CC2)cc1. The molecular formula is C30H27N7OS. The summed E-state index contributed by atoms with van der Waals surface area (Å²) in [6.07, 6.45) is 6.01. The van der Waals surface area contributed by atoms with Gasteiger partial charge in [0.2, 0.25) is 5.91 Å². The highest BCUT2D eigenvalue weighted by Gasteiger charge is 2.33. The van der Waals surface area contributed by atoms with Gasteiger partial charge in [0.1, 0.15) is 17.0 Å². The van der Waals surface area contributed by atoms with Crippen molar-refractivity contribution >= 4 is 50.9 Å². The summed E-state index contributed by atoms with van der Waals surface area (Å²) in [6.45, 7) is 3.80. The molecule has 1 fully saturated rings. The molecule has 1 atom stereocenters. The van der Waals surface area contributed by atoms with Crippen LogP contribution in [0.25, 0.3) is 10.2 Å². The highest BCUT2D eigenvalue weighted by atomic mass is 32.1. The Hall–Kier alpha value is -4.29. The van der Waals surface area contributed by atoms with Crippen LogP contribution >= 0.6 is 11.3 Å². The van der Waals surface area contributed by atoms with Crippen LogP contribution in [0, 0.1) is 17.2 Å². The Morgan fingerprint density at radius 1 is 1.08 bits per heavy atom. The number of nitrogens with zero attached hydrogens (tertiary/aromatic N) is 6. The second-order valence-corrected chi connectivity index (χ2v) is 11.4. The Morgan fingerprint density at radius 3 is 2.74 bits per heavy atom. The van der Waals surface area contributed by atoms with Gasteiger partial charge in [-0.25, -0.2) is 9.97 Å².